The maximum Gasteiger partial charge on any atom is 0.416 e. The van der Waals surface area contributed by atoms with E-state index in [0.717, 1.165) is 28.8 Å². The smallest absolute Gasteiger partial charge is 0.354 e. The number of halogens is 4. The van der Waals surface area contributed by atoms with Gasteiger partial charge < -0.3 is 10.2 Å². The van der Waals surface area contributed by atoms with Crippen LogP contribution < -0.4 is 9.62 Å². The molecule has 0 unspecified atom stereocenters. The number of benzene rings is 2. The molecule has 0 aliphatic carbocycles. The van der Waals surface area contributed by atoms with Gasteiger partial charge in [-0.25, -0.2) is 12.8 Å². The number of rotatable bonds is 12. The van der Waals surface area contributed by atoms with Crippen molar-refractivity contribution >= 4 is 27.5 Å². The number of nitrogens with one attached hydrogen (secondary N) is 1. The number of amides is 2. The molecule has 0 radical (unpaired) electrons. The van der Waals surface area contributed by atoms with E-state index in [1.165, 1.54) is 35.2 Å². The number of carbonyl (C=O) groups is 2. The van der Waals surface area contributed by atoms with E-state index < -0.39 is 39.5 Å². The zero-order valence-corrected chi connectivity index (χ0v) is 21.7. The Kier molecular flexibility index (Phi) is 10.5. The normalized spacial score (nSPS) is 12.6. The highest BCUT2D eigenvalue weighted by atomic mass is 32.2. The van der Waals surface area contributed by atoms with Crippen molar-refractivity contribution in [2.45, 2.75) is 51.9 Å². The third-order valence-corrected chi connectivity index (χ3v) is 6.79. The molecule has 0 heterocycles. The maximum absolute atomic E-state index is 13.3. The van der Waals surface area contributed by atoms with Gasteiger partial charge in [-0.1, -0.05) is 25.1 Å². The second-order valence-corrected chi connectivity index (χ2v) is 10.5. The zero-order valence-electron chi connectivity index (χ0n) is 20.9. The summed E-state index contributed by atoms with van der Waals surface area (Å²) < 4.78 is 78.2. The summed E-state index contributed by atoms with van der Waals surface area (Å²) in [6.45, 7) is 3.63. The summed E-state index contributed by atoms with van der Waals surface area (Å²) >= 11 is 0. The van der Waals surface area contributed by atoms with Crippen LogP contribution in [0.3, 0.4) is 0 Å². The highest BCUT2D eigenvalue weighted by Crippen LogP contribution is 2.32. The number of nitrogens with zero attached hydrogens (tertiary/aromatic N) is 2. The molecule has 0 spiro atoms. The Labute approximate surface area is 214 Å². The standard InChI is InChI=1S/C25H31F4N3O4S/c1-4-14-30-24(34)18(2)31(17-19-10-12-21(26)13-11-19)23(33)9-6-15-32(37(3,35)36)22-8-5-7-20(16-22)25(27,28)29/h5,7-8,10-13,16,18H,4,6,9,14-15,17H2,1-3H3,(H,30,34)/t18-/m1/s1. The number of carbonyl (C=O) groups excluding carboxylic acids is 2. The van der Waals surface area contributed by atoms with Crippen molar-refractivity contribution in [2.24, 2.45) is 0 Å². The zero-order chi connectivity index (χ0) is 27.8. The van der Waals surface area contributed by atoms with E-state index in [2.05, 4.69) is 5.32 Å². The van der Waals surface area contributed by atoms with Crippen LogP contribution in [0, 0.1) is 5.82 Å². The minimum atomic E-state index is -4.65. The second kappa shape index (κ2) is 12.9. The molecule has 2 amide bonds. The van der Waals surface area contributed by atoms with E-state index in [0.29, 0.717) is 18.5 Å². The molecule has 0 saturated carbocycles. The van der Waals surface area contributed by atoms with Crippen LogP contribution in [-0.4, -0.2) is 50.5 Å². The van der Waals surface area contributed by atoms with E-state index in [4.69, 9.17) is 0 Å². The van der Waals surface area contributed by atoms with Crippen molar-refractivity contribution in [2.75, 3.05) is 23.7 Å². The summed E-state index contributed by atoms with van der Waals surface area (Å²) in [7, 11) is -3.95. The van der Waals surface area contributed by atoms with Gasteiger partial charge in [0.25, 0.3) is 0 Å². The predicted octanol–water partition coefficient (Wildman–Crippen LogP) is 4.33. The topological polar surface area (TPSA) is 86.8 Å². The quantitative estimate of drug-likeness (QED) is 0.402. The van der Waals surface area contributed by atoms with Crippen LogP contribution in [0.25, 0.3) is 0 Å². The van der Waals surface area contributed by atoms with Gasteiger partial charge in [-0.3, -0.25) is 13.9 Å². The van der Waals surface area contributed by atoms with Crippen LogP contribution in [0.15, 0.2) is 48.5 Å². The molecule has 2 aromatic carbocycles. The molecule has 37 heavy (non-hydrogen) atoms. The Bertz CT molecular complexity index is 1170. The third-order valence-electron chi connectivity index (χ3n) is 5.60. The first-order chi connectivity index (χ1) is 17.2. The van der Waals surface area contributed by atoms with Gasteiger partial charge in [0.15, 0.2) is 0 Å². The van der Waals surface area contributed by atoms with E-state index >= 15 is 0 Å². The minimum absolute atomic E-state index is 0.00857. The fourth-order valence-electron chi connectivity index (χ4n) is 3.61. The number of sulfonamides is 1. The van der Waals surface area contributed by atoms with Crippen LogP contribution in [0.4, 0.5) is 23.2 Å². The van der Waals surface area contributed by atoms with Gasteiger partial charge in [-0.05, 0) is 55.7 Å². The largest absolute Gasteiger partial charge is 0.416 e. The van der Waals surface area contributed by atoms with Crippen molar-refractivity contribution in [1.82, 2.24) is 10.2 Å². The molecule has 0 fully saturated rings. The molecular weight excluding hydrogens is 514 g/mol. The van der Waals surface area contributed by atoms with E-state index in [-0.39, 0.29) is 37.5 Å². The lowest BCUT2D eigenvalue weighted by Gasteiger charge is -2.29. The van der Waals surface area contributed by atoms with E-state index in [1.807, 2.05) is 6.92 Å². The first kappa shape index (κ1) is 30.1. The van der Waals surface area contributed by atoms with Crippen molar-refractivity contribution < 1.29 is 35.6 Å². The van der Waals surface area contributed by atoms with Crippen molar-refractivity contribution in [3.63, 3.8) is 0 Å². The van der Waals surface area contributed by atoms with Gasteiger partial charge in [0.05, 0.1) is 17.5 Å². The summed E-state index contributed by atoms with van der Waals surface area (Å²) in [5.74, 6) is -1.29. The lowest BCUT2D eigenvalue weighted by atomic mass is 10.1. The summed E-state index contributed by atoms with van der Waals surface area (Å²) in [6.07, 6.45) is -3.26. The fourth-order valence-corrected chi connectivity index (χ4v) is 4.56. The summed E-state index contributed by atoms with van der Waals surface area (Å²) in [6, 6.07) is 8.53. The fraction of sp³-hybridized carbons (Fsp3) is 0.440. The Balaban J connectivity index is 2.19. The first-order valence-electron chi connectivity index (χ1n) is 11.7. The predicted molar refractivity (Wildman–Crippen MR) is 133 cm³/mol. The minimum Gasteiger partial charge on any atom is -0.354 e. The van der Waals surface area contributed by atoms with Crippen molar-refractivity contribution in [1.29, 1.82) is 0 Å². The monoisotopic (exact) mass is 545 g/mol. The molecule has 0 bridgehead atoms. The average molecular weight is 546 g/mol. The maximum atomic E-state index is 13.3. The first-order valence-corrected chi connectivity index (χ1v) is 13.6. The van der Waals surface area contributed by atoms with Gasteiger partial charge in [0.1, 0.15) is 11.9 Å². The second-order valence-electron chi connectivity index (χ2n) is 8.60. The van der Waals surface area contributed by atoms with Gasteiger partial charge >= 0.3 is 6.18 Å². The summed E-state index contributed by atoms with van der Waals surface area (Å²) in [5.41, 5.74) is -0.570. The van der Waals surface area contributed by atoms with Crippen LogP contribution >= 0.6 is 0 Å². The lowest BCUT2D eigenvalue weighted by molar-refractivity contribution is -0.140. The molecular formula is C25H31F4N3O4S. The van der Waals surface area contributed by atoms with Gasteiger partial charge in [-0.2, -0.15) is 13.2 Å². The Morgan fingerprint density at radius 3 is 2.30 bits per heavy atom. The Morgan fingerprint density at radius 2 is 1.73 bits per heavy atom. The number of hydrogen-bond acceptors (Lipinski definition) is 4. The number of anilines is 1. The van der Waals surface area contributed by atoms with E-state index in [9.17, 15) is 35.6 Å². The SMILES string of the molecule is CCCNC(=O)[C@@H](C)N(Cc1ccc(F)cc1)C(=O)CCCN(c1cccc(C(F)(F)F)c1)S(C)(=O)=O. The lowest BCUT2D eigenvalue weighted by Crippen LogP contribution is -2.47. The Morgan fingerprint density at radius 1 is 1.08 bits per heavy atom. The molecule has 0 aliphatic heterocycles. The molecule has 0 saturated heterocycles. The van der Waals surface area contributed by atoms with Crippen LogP contribution in [-0.2, 0) is 32.3 Å². The molecule has 2 rings (SSSR count). The third kappa shape index (κ3) is 9.03. The molecule has 1 N–H and O–H groups in total. The molecule has 0 aromatic heterocycles. The molecule has 0 aliphatic rings. The summed E-state index contributed by atoms with van der Waals surface area (Å²) in [4.78, 5) is 27.0. The summed E-state index contributed by atoms with van der Waals surface area (Å²) in [5, 5.41) is 2.72. The molecule has 204 valence electrons. The van der Waals surface area contributed by atoms with Crippen LogP contribution in [0.2, 0.25) is 0 Å². The van der Waals surface area contributed by atoms with Gasteiger partial charge in [-0.15, -0.1) is 0 Å². The van der Waals surface area contributed by atoms with Gasteiger partial charge in [0, 0.05) is 26.1 Å². The van der Waals surface area contributed by atoms with E-state index in [1.54, 1.807) is 6.92 Å². The highest BCUT2D eigenvalue weighted by Gasteiger charge is 2.32. The average Bonchev–Trinajstić information content (AvgIpc) is 2.83. The van der Waals surface area contributed by atoms with Crippen molar-refractivity contribution in [3.8, 4) is 0 Å². The highest BCUT2D eigenvalue weighted by molar-refractivity contribution is 7.92. The van der Waals surface area contributed by atoms with Crippen LogP contribution in [0.1, 0.15) is 44.2 Å². The Hall–Kier alpha value is -3.15. The molecule has 2 aromatic rings. The van der Waals surface area contributed by atoms with Gasteiger partial charge in [0.2, 0.25) is 21.8 Å². The molecule has 12 heteroatoms. The van der Waals surface area contributed by atoms with Crippen LogP contribution in [0.5, 0.6) is 0 Å². The molecule has 7 nitrogen and oxygen atoms in total. The number of alkyl halides is 3. The molecule has 1 atom stereocenters. The van der Waals surface area contributed by atoms with Crippen molar-refractivity contribution in [3.05, 3.63) is 65.5 Å². The number of hydrogen-bond donors (Lipinski definition) is 1.